The molecule has 0 aromatic heterocycles. The van der Waals surface area contributed by atoms with Crippen LogP contribution >= 0.6 is 15.9 Å². The van der Waals surface area contributed by atoms with Gasteiger partial charge in [-0.05, 0) is 43.3 Å². The fraction of sp³-hybridized carbons (Fsp3) is 0.211. The molecule has 0 aliphatic carbocycles. The summed E-state index contributed by atoms with van der Waals surface area (Å²) in [5.41, 5.74) is 0.728. The Labute approximate surface area is 181 Å². The standard InChI is InChI=1S/C19H19BrN2O7S/c1-12(24)13-3-2-4-15(9-13)21-18(25)11-29-19(26)17(10-23)22-30(27,28)16-7-5-14(20)6-8-16/h2-9,17,22-23H,10-11H2,1H3,(H,21,25). The summed E-state index contributed by atoms with van der Waals surface area (Å²) in [6.07, 6.45) is 0. The number of carbonyl (C=O) groups is 3. The molecule has 0 radical (unpaired) electrons. The minimum absolute atomic E-state index is 0.111. The van der Waals surface area contributed by atoms with Gasteiger partial charge in [0.05, 0.1) is 11.5 Å². The van der Waals surface area contributed by atoms with E-state index in [9.17, 15) is 27.9 Å². The van der Waals surface area contributed by atoms with Crippen LogP contribution in [0.2, 0.25) is 0 Å². The lowest BCUT2D eigenvalue weighted by Gasteiger charge is -2.15. The summed E-state index contributed by atoms with van der Waals surface area (Å²) in [6, 6.07) is 10.2. The molecule has 0 fully saturated rings. The normalized spacial score (nSPS) is 12.1. The number of hydrogen-bond donors (Lipinski definition) is 3. The minimum atomic E-state index is -4.10. The molecule has 30 heavy (non-hydrogen) atoms. The van der Waals surface area contributed by atoms with Gasteiger partial charge in [-0.1, -0.05) is 28.1 Å². The number of amides is 1. The van der Waals surface area contributed by atoms with Gasteiger partial charge in [0.1, 0.15) is 6.04 Å². The van der Waals surface area contributed by atoms with Crippen LogP contribution in [0.4, 0.5) is 5.69 Å². The molecule has 0 spiro atoms. The summed E-state index contributed by atoms with van der Waals surface area (Å²) in [6.45, 7) is -0.191. The van der Waals surface area contributed by atoms with Crippen molar-refractivity contribution in [1.82, 2.24) is 4.72 Å². The third kappa shape index (κ3) is 6.73. The monoisotopic (exact) mass is 498 g/mol. The number of ether oxygens (including phenoxy) is 1. The van der Waals surface area contributed by atoms with E-state index >= 15 is 0 Å². The number of carbonyl (C=O) groups excluding carboxylic acids is 3. The van der Waals surface area contributed by atoms with Gasteiger partial charge in [0.2, 0.25) is 10.0 Å². The molecular formula is C19H19BrN2O7S. The first kappa shape index (κ1) is 23.7. The van der Waals surface area contributed by atoms with Crippen LogP contribution in [0.3, 0.4) is 0 Å². The summed E-state index contributed by atoms with van der Waals surface area (Å²) in [7, 11) is -4.10. The largest absolute Gasteiger partial charge is 0.454 e. The molecule has 160 valence electrons. The quantitative estimate of drug-likeness (QED) is 0.351. The Morgan fingerprint density at radius 1 is 1.13 bits per heavy atom. The van der Waals surface area contributed by atoms with E-state index in [0.29, 0.717) is 15.7 Å². The van der Waals surface area contributed by atoms with Crippen molar-refractivity contribution in [1.29, 1.82) is 0 Å². The number of aliphatic hydroxyl groups is 1. The highest BCUT2D eigenvalue weighted by molar-refractivity contribution is 9.10. The summed E-state index contributed by atoms with van der Waals surface area (Å²) in [4.78, 5) is 35.3. The van der Waals surface area contributed by atoms with Gasteiger partial charge >= 0.3 is 5.97 Å². The van der Waals surface area contributed by atoms with E-state index in [4.69, 9.17) is 4.74 Å². The molecule has 3 N–H and O–H groups in total. The lowest BCUT2D eigenvalue weighted by molar-refractivity contribution is -0.149. The molecule has 0 aliphatic rings. The van der Waals surface area contributed by atoms with Crippen LogP contribution in [0.1, 0.15) is 17.3 Å². The predicted octanol–water partition coefficient (Wildman–Crippen LogP) is 1.47. The molecule has 0 bridgehead atoms. The second kappa shape index (κ2) is 10.4. The minimum Gasteiger partial charge on any atom is -0.454 e. The smallest absolute Gasteiger partial charge is 0.327 e. The second-order valence-corrected chi connectivity index (χ2v) is 8.73. The molecule has 11 heteroatoms. The van der Waals surface area contributed by atoms with Crippen molar-refractivity contribution < 1.29 is 32.6 Å². The zero-order valence-electron chi connectivity index (χ0n) is 15.8. The van der Waals surface area contributed by atoms with Gasteiger partial charge < -0.3 is 15.2 Å². The van der Waals surface area contributed by atoms with Gasteiger partial charge in [0, 0.05) is 15.7 Å². The third-order valence-corrected chi connectivity index (χ3v) is 5.80. The highest BCUT2D eigenvalue weighted by Crippen LogP contribution is 2.15. The van der Waals surface area contributed by atoms with E-state index in [0.717, 1.165) is 0 Å². The van der Waals surface area contributed by atoms with Crippen LogP contribution in [-0.2, 0) is 24.3 Å². The second-order valence-electron chi connectivity index (χ2n) is 6.10. The first-order valence-corrected chi connectivity index (χ1v) is 10.9. The van der Waals surface area contributed by atoms with Crippen LogP contribution in [0, 0.1) is 0 Å². The van der Waals surface area contributed by atoms with E-state index in [1.807, 2.05) is 4.72 Å². The van der Waals surface area contributed by atoms with Crippen molar-refractivity contribution in [2.24, 2.45) is 0 Å². The lowest BCUT2D eigenvalue weighted by atomic mass is 10.1. The Hall–Kier alpha value is -2.60. The fourth-order valence-electron chi connectivity index (χ4n) is 2.28. The van der Waals surface area contributed by atoms with Crippen molar-refractivity contribution in [3.05, 3.63) is 58.6 Å². The Balaban J connectivity index is 1.95. The van der Waals surface area contributed by atoms with Crippen molar-refractivity contribution in [2.45, 2.75) is 17.9 Å². The first-order valence-electron chi connectivity index (χ1n) is 8.58. The van der Waals surface area contributed by atoms with E-state index in [1.54, 1.807) is 18.2 Å². The Bertz CT molecular complexity index is 1040. The van der Waals surface area contributed by atoms with Crippen LogP contribution in [-0.4, -0.2) is 50.4 Å². The van der Waals surface area contributed by atoms with E-state index in [1.165, 1.54) is 37.3 Å². The van der Waals surface area contributed by atoms with Gasteiger partial charge in [-0.15, -0.1) is 0 Å². The van der Waals surface area contributed by atoms with Crippen molar-refractivity contribution in [3.63, 3.8) is 0 Å². The molecule has 0 aliphatic heterocycles. The average Bonchev–Trinajstić information content (AvgIpc) is 2.70. The first-order chi connectivity index (χ1) is 14.1. The molecule has 9 nitrogen and oxygen atoms in total. The van der Waals surface area contributed by atoms with E-state index < -0.39 is 41.2 Å². The zero-order chi connectivity index (χ0) is 22.3. The molecule has 0 saturated carbocycles. The van der Waals surface area contributed by atoms with Crippen LogP contribution in [0.15, 0.2) is 57.9 Å². The van der Waals surface area contributed by atoms with Crippen LogP contribution < -0.4 is 10.0 Å². The van der Waals surface area contributed by atoms with Gasteiger partial charge in [-0.3, -0.25) is 14.4 Å². The van der Waals surface area contributed by atoms with Gasteiger partial charge in [0.25, 0.3) is 5.91 Å². The summed E-state index contributed by atoms with van der Waals surface area (Å²) < 4.78 is 32.2. The number of nitrogens with one attached hydrogen (secondary N) is 2. The zero-order valence-corrected chi connectivity index (χ0v) is 18.2. The molecular weight excluding hydrogens is 480 g/mol. The molecule has 2 aromatic rings. The molecule has 1 amide bonds. The van der Waals surface area contributed by atoms with Crippen molar-refractivity contribution >= 4 is 49.3 Å². The number of rotatable bonds is 9. The maximum absolute atomic E-state index is 12.3. The number of ketones is 1. The number of anilines is 1. The number of aliphatic hydroxyl groups excluding tert-OH is 1. The summed E-state index contributed by atoms with van der Waals surface area (Å²) in [5.74, 6) is -2.00. The molecule has 1 unspecified atom stereocenters. The average molecular weight is 499 g/mol. The lowest BCUT2D eigenvalue weighted by Crippen LogP contribution is -2.44. The highest BCUT2D eigenvalue weighted by atomic mass is 79.9. The number of esters is 1. The van der Waals surface area contributed by atoms with E-state index in [-0.39, 0.29) is 10.7 Å². The van der Waals surface area contributed by atoms with Crippen molar-refractivity contribution in [2.75, 3.05) is 18.5 Å². The summed E-state index contributed by atoms with van der Waals surface area (Å²) in [5, 5.41) is 11.8. The van der Waals surface area contributed by atoms with Crippen LogP contribution in [0.25, 0.3) is 0 Å². The molecule has 2 aromatic carbocycles. The number of halogens is 1. The number of hydrogen-bond acceptors (Lipinski definition) is 7. The number of benzene rings is 2. The third-order valence-electron chi connectivity index (χ3n) is 3.79. The predicted molar refractivity (Wildman–Crippen MR) is 111 cm³/mol. The molecule has 0 saturated heterocycles. The number of sulfonamides is 1. The Kier molecular flexibility index (Phi) is 8.24. The fourth-order valence-corrected chi connectivity index (χ4v) is 3.72. The molecule has 2 rings (SSSR count). The Morgan fingerprint density at radius 3 is 2.40 bits per heavy atom. The summed E-state index contributed by atoms with van der Waals surface area (Å²) >= 11 is 3.18. The van der Waals surface area contributed by atoms with Gasteiger partial charge in [-0.25, -0.2) is 8.42 Å². The molecule has 1 atom stereocenters. The van der Waals surface area contributed by atoms with E-state index in [2.05, 4.69) is 21.2 Å². The highest BCUT2D eigenvalue weighted by Gasteiger charge is 2.27. The Morgan fingerprint density at radius 2 is 1.80 bits per heavy atom. The number of Topliss-reactive ketones (excluding diaryl/α,β-unsaturated/α-hetero) is 1. The SMILES string of the molecule is CC(=O)c1cccc(NC(=O)COC(=O)C(CO)NS(=O)(=O)c2ccc(Br)cc2)c1. The topological polar surface area (TPSA) is 139 Å². The van der Waals surface area contributed by atoms with Gasteiger partial charge in [-0.2, -0.15) is 4.72 Å². The van der Waals surface area contributed by atoms with Crippen molar-refractivity contribution in [3.8, 4) is 0 Å². The maximum atomic E-state index is 12.3. The maximum Gasteiger partial charge on any atom is 0.327 e. The van der Waals surface area contributed by atoms with Crippen LogP contribution in [0.5, 0.6) is 0 Å². The molecule has 0 heterocycles. The van der Waals surface area contributed by atoms with Gasteiger partial charge in [0.15, 0.2) is 12.4 Å².